The molecule has 2 heterocycles. The average Bonchev–Trinajstić information content (AvgIpc) is 3.10. The van der Waals surface area contributed by atoms with Gasteiger partial charge in [-0.05, 0) is 50.3 Å². The zero-order valence-corrected chi connectivity index (χ0v) is 17.5. The van der Waals surface area contributed by atoms with Crippen LogP contribution in [0, 0.1) is 0 Å². The summed E-state index contributed by atoms with van der Waals surface area (Å²) in [4.78, 5) is 11.2. The third kappa shape index (κ3) is 3.95. The van der Waals surface area contributed by atoms with Gasteiger partial charge in [-0.2, -0.15) is 10.1 Å². The highest BCUT2D eigenvalue weighted by molar-refractivity contribution is 6.06. The van der Waals surface area contributed by atoms with Crippen LogP contribution in [0.3, 0.4) is 0 Å². The van der Waals surface area contributed by atoms with E-state index < -0.39 is 5.66 Å². The van der Waals surface area contributed by atoms with E-state index in [9.17, 15) is 0 Å². The minimum atomic E-state index is -0.410. The fraction of sp³-hybridized carbons (Fsp3) is 0.591. The Morgan fingerprint density at radius 3 is 2.62 bits per heavy atom. The standard InChI is InChI=1S/C22H33N7/c1-2-3-4-5-9-14-28-19-15-18(11-10-17(19)16-25-28)29-21(24)26-20(23)27-22(29)12-7-6-8-13-22/h10-11,15-16H,2-9,12-14H2,1H3,(H4,23,24,26,27). The predicted molar refractivity (Wildman–Crippen MR) is 120 cm³/mol. The molecule has 0 radical (unpaired) electrons. The van der Waals surface area contributed by atoms with Gasteiger partial charge in [0.15, 0.2) is 0 Å². The Bertz CT molecular complexity index is 905. The van der Waals surface area contributed by atoms with Crippen molar-refractivity contribution < 1.29 is 0 Å². The van der Waals surface area contributed by atoms with E-state index in [1.165, 1.54) is 32.1 Å². The van der Waals surface area contributed by atoms with Crippen LogP contribution in [0.15, 0.2) is 34.4 Å². The summed E-state index contributed by atoms with van der Waals surface area (Å²) < 4.78 is 2.12. The molecular weight excluding hydrogens is 362 g/mol. The van der Waals surface area contributed by atoms with Gasteiger partial charge in [-0.3, -0.25) is 9.58 Å². The molecule has 0 atom stereocenters. The minimum absolute atomic E-state index is 0.291. The second-order valence-electron chi connectivity index (χ2n) is 8.34. The summed E-state index contributed by atoms with van der Waals surface area (Å²) in [5.41, 5.74) is 14.1. The number of benzene rings is 1. The van der Waals surface area contributed by atoms with E-state index in [2.05, 4.69) is 44.8 Å². The highest BCUT2D eigenvalue weighted by atomic mass is 15.4. The van der Waals surface area contributed by atoms with Gasteiger partial charge in [-0.15, -0.1) is 0 Å². The first-order valence-electron chi connectivity index (χ1n) is 11.1. The SMILES string of the molecule is CCCCCCCn1ncc2ccc(N3C(N)=NC(N)=NC34CCCCC4)cc21. The van der Waals surface area contributed by atoms with Crippen LogP contribution in [0.4, 0.5) is 5.69 Å². The van der Waals surface area contributed by atoms with Crippen LogP contribution in [-0.2, 0) is 6.54 Å². The predicted octanol–water partition coefficient (Wildman–Crippen LogP) is 4.12. The maximum atomic E-state index is 6.38. The normalized spacial score (nSPS) is 18.9. The molecule has 1 aliphatic heterocycles. The van der Waals surface area contributed by atoms with Crippen molar-refractivity contribution in [2.45, 2.75) is 83.3 Å². The molecule has 2 aromatic rings. The zero-order chi connectivity index (χ0) is 20.3. The molecule has 0 saturated heterocycles. The molecule has 7 nitrogen and oxygen atoms in total. The van der Waals surface area contributed by atoms with Crippen molar-refractivity contribution in [3.8, 4) is 0 Å². The third-order valence-electron chi connectivity index (χ3n) is 6.21. The first-order valence-corrected chi connectivity index (χ1v) is 11.1. The second-order valence-corrected chi connectivity index (χ2v) is 8.34. The molecule has 0 bridgehead atoms. The molecular formula is C22H33N7. The molecule has 1 aromatic carbocycles. The number of aliphatic imine (C=N–C) groups is 2. The summed E-state index contributed by atoms with van der Waals surface area (Å²) in [7, 11) is 0. The lowest BCUT2D eigenvalue weighted by Gasteiger charge is -2.45. The second kappa shape index (κ2) is 8.43. The van der Waals surface area contributed by atoms with Gasteiger partial charge in [-0.25, -0.2) is 4.99 Å². The molecule has 0 unspecified atom stereocenters. The van der Waals surface area contributed by atoms with E-state index in [1.54, 1.807) is 0 Å². The van der Waals surface area contributed by atoms with Crippen LogP contribution in [0.25, 0.3) is 10.9 Å². The van der Waals surface area contributed by atoms with E-state index in [0.29, 0.717) is 11.9 Å². The Morgan fingerprint density at radius 2 is 1.83 bits per heavy atom. The van der Waals surface area contributed by atoms with Crippen molar-refractivity contribution in [3.63, 3.8) is 0 Å². The number of aromatic nitrogens is 2. The van der Waals surface area contributed by atoms with Crippen molar-refractivity contribution in [1.82, 2.24) is 9.78 Å². The van der Waals surface area contributed by atoms with Crippen molar-refractivity contribution in [1.29, 1.82) is 0 Å². The Kier molecular flexibility index (Phi) is 5.74. The number of fused-ring (bicyclic) bond motifs is 1. The van der Waals surface area contributed by atoms with Gasteiger partial charge in [0.2, 0.25) is 11.9 Å². The molecule has 156 valence electrons. The summed E-state index contributed by atoms with van der Waals surface area (Å²) in [6.45, 7) is 3.19. The van der Waals surface area contributed by atoms with Crippen molar-refractivity contribution in [2.75, 3.05) is 4.90 Å². The number of unbranched alkanes of at least 4 members (excludes halogenated alkanes) is 4. The zero-order valence-electron chi connectivity index (χ0n) is 17.5. The quantitative estimate of drug-likeness (QED) is 0.689. The summed E-state index contributed by atoms with van der Waals surface area (Å²) in [5.74, 6) is 0.725. The first kappa shape index (κ1) is 19.7. The molecule has 0 amide bonds. The summed E-state index contributed by atoms with van der Waals surface area (Å²) in [5, 5.41) is 5.77. The number of aryl methyl sites for hydroxylation is 1. The molecule has 1 spiro atoms. The largest absolute Gasteiger partial charge is 0.369 e. The number of anilines is 1. The van der Waals surface area contributed by atoms with Crippen LogP contribution in [0.5, 0.6) is 0 Å². The molecule has 1 aliphatic carbocycles. The lowest BCUT2D eigenvalue weighted by molar-refractivity contribution is 0.305. The van der Waals surface area contributed by atoms with E-state index in [4.69, 9.17) is 16.5 Å². The van der Waals surface area contributed by atoms with E-state index >= 15 is 0 Å². The molecule has 4 rings (SSSR count). The van der Waals surface area contributed by atoms with Gasteiger partial charge in [-0.1, -0.05) is 39.0 Å². The van der Waals surface area contributed by atoms with E-state index in [0.717, 1.165) is 55.2 Å². The lowest BCUT2D eigenvalue weighted by atomic mass is 9.87. The van der Waals surface area contributed by atoms with Gasteiger partial charge in [0, 0.05) is 17.6 Å². The van der Waals surface area contributed by atoms with Crippen LogP contribution in [0.1, 0.15) is 71.1 Å². The van der Waals surface area contributed by atoms with Gasteiger partial charge in [0.25, 0.3) is 0 Å². The number of nitrogens with zero attached hydrogens (tertiary/aromatic N) is 5. The number of guanidine groups is 2. The van der Waals surface area contributed by atoms with Crippen LogP contribution < -0.4 is 16.4 Å². The lowest BCUT2D eigenvalue weighted by Crippen LogP contribution is -2.58. The highest BCUT2D eigenvalue weighted by Crippen LogP contribution is 2.40. The van der Waals surface area contributed by atoms with Crippen molar-refractivity contribution >= 4 is 28.5 Å². The van der Waals surface area contributed by atoms with Gasteiger partial charge >= 0.3 is 0 Å². The molecule has 7 heteroatoms. The number of hydrogen-bond acceptors (Lipinski definition) is 6. The van der Waals surface area contributed by atoms with Gasteiger partial charge in [0.05, 0.1) is 11.7 Å². The topological polar surface area (TPSA) is 97.8 Å². The van der Waals surface area contributed by atoms with Gasteiger partial charge < -0.3 is 11.5 Å². The molecule has 1 aromatic heterocycles. The van der Waals surface area contributed by atoms with E-state index in [-0.39, 0.29) is 0 Å². The van der Waals surface area contributed by atoms with Gasteiger partial charge in [0.1, 0.15) is 5.66 Å². The van der Waals surface area contributed by atoms with Crippen molar-refractivity contribution in [3.05, 3.63) is 24.4 Å². The fourth-order valence-electron chi connectivity index (χ4n) is 4.74. The number of rotatable bonds is 7. The summed E-state index contributed by atoms with van der Waals surface area (Å²) >= 11 is 0. The molecule has 1 saturated carbocycles. The van der Waals surface area contributed by atoms with Crippen LogP contribution >= 0.6 is 0 Å². The third-order valence-corrected chi connectivity index (χ3v) is 6.21. The molecule has 2 aliphatic rings. The molecule has 1 fully saturated rings. The van der Waals surface area contributed by atoms with E-state index in [1.807, 2.05) is 6.20 Å². The highest BCUT2D eigenvalue weighted by Gasteiger charge is 2.42. The van der Waals surface area contributed by atoms with Crippen LogP contribution in [0.2, 0.25) is 0 Å². The number of hydrogen-bond donors (Lipinski definition) is 2. The summed E-state index contributed by atoms with van der Waals surface area (Å²) in [6.07, 6.45) is 13.6. The average molecular weight is 396 g/mol. The minimum Gasteiger partial charge on any atom is -0.369 e. The molecule has 4 N–H and O–H groups in total. The smallest absolute Gasteiger partial charge is 0.220 e. The maximum Gasteiger partial charge on any atom is 0.220 e. The van der Waals surface area contributed by atoms with Crippen LogP contribution in [-0.4, -0.2) is 27.4 Å². The Labute approximate surface area is 172 Å². The monoisotopic (exact) mass is 395 g/mol. The van der Waals surface area contributed by atoms with Crippen molar-refractivity contribution in [2.24, 2.45) is 21.5 Å². The Morgan fingerprint density at radius 1 is 1.03 bits per heavy atom. The summed E-state index contributed by atoms with van der Waals surface area (Å²) in [6, 6.07) is 6.41. The first-order chi connectivity index (χ1) is 14.1. The number of nitrogens with two attached hydrogens (primary N) is 2. The molecule has 29 heavy (non-hydrogen) atoms. The Hall–Kier alpha value is -2.57. The fourth-order valence-corrected chi connectivity index (χ4v) is 4.74. The Balaban J connectivity index is 1.62. The maximum absolute atomic E-state index is 6.38.